The van der Waals surface area contributed by atoms with E-state index in [0.717, 1.165) is 5.56 Å². The van der Waals surface area contributed by atoms with Crippen molar-refractivity contribution >= 4 is 35.3 Å². The van der Waals surface area contributed by atoms with E-state index in [0.29, 0.717) is 33.8 Å². The Morgan fingerprint density at radius 3 is 1.38 bits per heavy atom. The molecule has 0 heterocycles. The molecule has 0 bridgehead atoms. The van der Waals surface area contributed by atoms with Gasteiger partial charge in [0.05, 0.1) is 17.0 Å². The summed E-state index contributed by atoms with van der Waals surface area (Å²) in [5.41, 5.74) is 2.21. The maximum Gasteiger partial charge on any atom is 0.411 e. The molecule has 0 aliphatic heterocycles. The lowest BCUT2D eigenvalue weighted by atomic mass is 9.88. The molecule has 0 saturated carbocycles. The fraction of sp³-hybridized carbons (Fsp3) is 0.273. The quantitative estimate of drug-likeness (QED) is 0.141. The summed E-state index contributed by atoms with van der Waals surface area (Å²) in [6.45, 7) is 5.96. The van der Waals surface area contributed by atoms with Gasteiger partial charge in [0.15, 0.2) is 0 Å². The van der Waals surface area contributed by atoms with Crippen LogP contribution in [-0.4, -0.2) is 38.1 Å². The van der Waals surface area contributed by atoms with Crippen molar-refractivity contribution < 1.29 is 38.1 Å². The lowest BCUT2D eigenvalue weighted by molar-refractivity contribution is -0.0104. The third-order valence-corrected chi connectivity index (χ3v) is 7.06. The van der Waals surface area contributed by atoms with Gasteiger partial charge in [0.25, 0.3) is 12.5 Å². The number of hydrogen-bond acceptors (Lipinski definition) is 11. The number of hydrogen-bond donors (Lipinski definition) is 3. The van der Waals surface area contributed by atoms with Gasteiger partial charge in [-0.25, -0.2) is 14.4 Å². The first-order valence-electron chi connectivity index (χ1n) is 14.2. The fourth-order valence-corrected chi connectivity index (χ4v) is 4.04. The number of nitriles is 3. The number of carbonyl (C=O) groups excluding carboxylic acids is 3. The van der Waals surface area contributed by atoms with E-state index in [1.807, 2.05) is 6.07 Å². The van der Waals surface area contributed by atoms with E-state index in [1.165, 1.54) is 18.2 Å². The topological polar surface area (TPSA) is 205 Å². The van der Waals surface area contributed by atoms with Gasteiger partial charge in [0, 0.05) is 29.2 Å². The van der Waals surface area contributed by atoms with Crippen molar-refractivity contribution in [1.82, 2.24) is 0 Å². The molecule has 0 saturated heterocycles. The van der Waals surface area contributed by atoms with E-state index in [1.54, 1.807) is 76.6 Å². The Balaban J connectivity index is 1.72. The van der Waals surface area contributed by atoms with Gasteiger partial charge in [-0.05, 0) is 68.1 Å². The second-order valence-electron chi connectivity index (χ2n) is 10.4. The number of benzene rings is 3. The molecule has 242 valence electrons. The van der Waals surface area contributed by atoms with Crippen molar-refractivity contribution in [2.75, 3.05) is 35.8 Å². The van der Waals surface area contributed by atoms with E-state index in [4.69, 9.17) is 34.2 Å². The van der Waals surface area contributed by atoms with Crippen LogP contribution in [0.15, 0.2) is 54.6 Å². The summed E-state index contributed by atoms with van der Waals surface area (Å²) in [5, 5.41) is 34.6. The minimum atomic E-state index is -1.19. The smallest absolute Gasteiger partial charge is 0.411 e. The molecule has 0 aromatic heterocycles. The molecule has 0 atom stereocenters. The van der Waals surface area contributed by atoms with Crippen molar-refractivity contribution in [3.63, 3.8) is 0 Å². The molecule has 0 fully saturated rings. The van der Waals surface area contributed by atoms with Crippen molar-refractivity contribution in [3.05, 3.63) is 76.9 Å². The molecule has 3 aromatic carbocycles. The summed E-state index contributed by atoms with van der Waals surface area (Å²) in [5.74, 6) is 0.504. The molecule has 0 aliphatic rings. The summed E-state index contributed by atoms with van der Waals surface area (Å²) in [6, 6.07) is 16.2. The van der Waals surface area contributed by atoms with E-state index >= 15 is 0 Å². The maximum absolute atomic E-state index is 12.7. The average Bonchev–Trinajstić information content (AvgIpc) is 3.05. The number of aryl methyl sites for hydroxylation is 3. The van der Waals surface area contributed by atoms with Gasteiger partial charge in [-0.3, -0.25) is 16.0 Å². The molecular weight excluding hydrogens is 608 g/mol. The Hall–Kier alpha value is -6.46. The second kappa shape index (κ2) is 16.6. The fourth-order valence-electron chi connectivity index (χ4n) is 4.04. The number of anilines is 3. The number of nitrogens with one attached hydrogen (secondary N) is 3. The van der Waals surface area contributed by atoms with Crippen LogP contribution < -0.4 is 25.4 Å². The first-order valence-corrected chi connectivity index (χ1v) is 14.2. The van der Waals surface area contributed by atoms with Crippen molar-refractivity contribution in [2.45, 2.75) is 34.1 Å². The van der Waals surface area contributed by atoms with Crippen molar-refractivity contribution in [2.24, 2.45) is 5.41 Å². The lowest BCUT2D eigenvalue weighted by Crippen LogP contribution is -2.40. The van der Waals surface area contributed by atoms with Crippen LogP contribution in [0.5, 0.6) is 11.5 Å². The van der Waals surface area contributed by atoms with E-state index in [2.05, 4.69) is 16.0 Å². The zero-order valence-electron chi connectivity index (χ0n) is 26.1. The molecule has 3 N–H and O–H groups in total. The number of rotatable bonds is 12. The summed E-state index contributed by atoms with van der Waals surface area (Å²) >= 11 is 0. The highest BCUT2D eigenvalue weighted by Gasteiger charge is 2.34. The van der Waals surface area contributed by atoms with Crippen molar-refractivity contribution in [1.29, 1.82) is 15.8 Å². The summed E-state index contributed by atoms with van der Waals surface area (Å²) < 4.78 is 26.2. The van der Waals surface area contributed by atoms with Crippen LogP contribution >= 0.6 is 0 Å². The van der Waals surface area contributed by atoms with Crippen LogP contribution in [-0.2, 0) is 14.2 Å². The molecule has 0 aliphatic carbocycles. The number of nitrogens with zero attached hydrogens (tertiary/aromatic N) is 3. The monoisotopic (exact) mass is 640 g/mol. The first kappa shape index (κ1) is 35.0. The molecular formula is C33H32N6O8. The molecule has 0 spiro atoms. The molecule has 3 aromatic rings. The summed E-state index contributed by atoms with van der Waals surface area (Å²) in [4.78, 5) is 38.2. The largest absolute Gasteiger partial charge is 0.448 e. The van der Waals surface area contributed by atoms with Crippen LogP contribution in [0.25, 0.3) is 0 Å². The van der Waals surface area contributed by atoms with Gasteiger partial charge < -0.3 is 23.7 Å². The van der Waals surface area contributed by atoms with Crippen LogP contribution in [0.2, 0.25) is 0 Å². The molecule has 0 unspecified atom stereocenters. The Morgan fingerprint density at radius 1 is 0.638 bits per heavy atom. The molecule has 3 amide bonds. The third-order valence-electron chi connectivity index (χ3n) is 7.06. The summed E-state index contributed by atoms with van der Waals surface area (Å²) in [7, 11) is 0. The predicted octanol–water partition coefficient (Wildman–Crippen LogP) is 6.65. The van der Waals surface area contributed by atoms with E-state index < -0.39 is 23.7 Å². The lowest BCUT2D eigenvalue weighted by Gasteiger charge is -2.31. The molecule has 14 heteroatoms. The van der Waals surface area contributed by atoms with Gasteiger partial charge in [-0.2, -0.15) is 5.26 Å². The van der Waals surface area contributed by atoms with Crippen LogP contribution in [0.1, 0.15) is 35.6 Å². The molecule has 14 nitrogen and oxygen atoms in total. The highest BCUT2D eigenvalue weighted by molar-refractivity contribution is 5.86. The highest BCUT2D eigenvalue weighted by Crippen LogP contribution is 2.27. The second-order valence-corrected chi connectivity index (χ2v) is 10.4. The van der Waals surface area contributed by atoms with Crippen LogP contribution in [0, 0.1) is 60.6 Å². The number of amides is 3. The van der Waals surface area contributed by atoms with E-state index in [9.17, 15) is 19.6 Å². The number of ether oxygens (including phenoxy) is 5. The zero-order valence-corrected chi connectivity index (χ0v) is 26.1. The Morgan fingerprint density at radius 2 is 1.02 bits per heavy atom. The van der Waals surface area contributed by atoms with Gasteiger partial charge in [-0.15, -0.1) is 10.5 Å². The third kappa shape index (κ3) is 10.3. The number of carbonyl (C=O) groups is 3. The Bertz CT molecular complexity index is 1670. The summed E-state index contributed by atoms with van der Waals surface area (Å²) in [6.07, 6.45) is 0.826. The first-order chi connectivity index (χ1) is 22.5. The minimum absolute atomic E-state index is 0.235. The molecule has 0 radical (unpaired) electrons. The Kier molecular flexibility index (Phi) is 12.3. The van der Waals surface area contributed by atoms with Crippen LogP contribution in [0.4, 0.5) is 31.4 Å². The van der Waals surface area contributed by atoms with Gasteiger partial charge in [-0.1, -0.05) is 25.1 Å². The van der Waals surface area contributed by atoms with Gasteiger partial charge in [0.1, 0.15) is 31.3 Å². The SMILES string of the molecule is CCC(COC(=O)Nc1ccc(C)c(C#N)c1)(COC(=O)Nc1ccc(C)c(OC#N)c1)COC(=O)Nc1ccc(C)c(OC#N)c1. The Labute approximate surface area is 271 Å². The maximum atomic E-state index is 12.7. The van der Waals surface area contributed by atoms with Gasteiger partial charge in [0.2, 0.25) is 0 Å². The van der Waals surface area contributed by atoms with Gasteiger partial charge >= 0.3 is 18.3 Å². The standard InChI is InChI=1S/C33H32N6O8/c1-5-33(16-43-30(40)37-25-9-6-21(2)24(12-25)15-34,17-44-31(41)38-26-10-7-22(3)28(13-26)46-19-35)18-45-32(42)39-27-11-8-23(4)29(14-27)47-20-36/h6-14H,5,16-18H2,1-4H3,(H,37,40)(H,38,41)(H,39,42). The molecule has 47 heavy (non-hydrogen) atoms. The highest BCUT2D eigenvalue weighted by atomic mass is 16.6. The predicted molar refractivity (Wildman–Crippen MR) is 168 cm³/mol. The normalized spacial score (nSPS) is 10.2. The van der Waals surface area contributed by atoms with E-state index in [-0.39, 0.29) is 37.7 Å². The minimum Gasteiger partial charge on any atom is -0.448 e. The average molecular weight is 641 g/mol. The zero-order chi connectivity index (χ0) is 34.4. The van der Waals surface area contributed by atoms with Crippen LogP contribution in [0.3, 0.4) is 0 Å². The van der Waals surface area contributed by atoms with Crippen molar-refractivity contribution in [3.8, 4) is 30.1 Å². The molecule has 3 rings (SSSR count).